The molecule has 4 heteroatoms. The summed E-state index contributed by atoms with van der Waals surface area (Å²) in [6.45, 7) is 1.63. The number of nitrogens with one attached hydrogen (secondary N) is 1. The highest BCUT2D eigenvalue weighted by Crippen LogP contribution is 2.27. The van der Waals surface area contributed by atoms with Crippen molar-refractivity contribution in [3.05, 3.63) is 84.4 Å². The fourth-order valence-electron chi connectivity index (χ4n) is 2.80. The number of hydrogen-bond donors (Lipinski definition) is 1. The van der Waals surface area contributed by atoms with Crippen LogP contribution in [0.5, 0.6) is 5.75 Å². The Morgan fingerprint density at radius 3 is 2.30 bits per heavy atom. The van der Waals surface area contributed by atoms with Gasteiger partial charge in [0.15, 0.2) is 12.4 Å². The van der Waals surface area contributed by atoms with E-state index < -0.39 is 0 Å². The minimum Gasteiger partial charge on any atom is -0.483 e. The molecule has 0 aromatic heterocycles. The number of para-hydroxylation sites is 2. The van der Waals surface area contributed by atoms with Gasteiger partial charge in [0.1, 0.15) is 5.75 Å². The van der Waals surface area contributed by atoms with Crippen molar-refractivity contribution in [2.45, 2.75) is 13.3 Å². The lowest BCUT2D eigenvalue weighted by atomic mass is 10.0. The monoisotopic (exact) mass is 359 g/mol. The Bertz CT molecular complexity index is 935. The average molecular weight is 359 g/mol. The van der Waals surface area contributed by atoms with E-state index >= 15 is 0 Å². The van der Waals surface area contributed by atoms with Crippen LogP contribution in [0.2, 0.25) is 0 Å². The molecule has 0 aliphatic heterocycles. The van der Waals surface area contributed by atoms with E-state index in [0.717, 1.165) is 16.8 Å². The highest BCUT2D eigenvalue weighted by molar-refractivity contribution is 5.99. The van der Waals surface area contributed by atoms with E-state index in [1.165, 1.54) is 0 Å². The first kappa shape index (κ1) is 18.4. The molecule has 0 radical (unpaired) electrons. The van der Waals surface area contributed by atoms with E-state index in [1.807, 2.05) is 54.6 Å². The number of Topliss-reactive ketones (excluding diaryl/α,β-unsaturated/α-hetero) is 1. The fourth-order valence-corrected chi connectivity index (χ4v) is 2.80. The first-order chi connectivity index (χ1) is 13.2. The summed E-state index contributed by atoms with van der Waals surface area (Å²) in [7, 11) is 0. The molecule has 0 aliphatic carbocycles. The van der Waals surface area contributed by atoms with Crippen LogP contribution < -0.4 is 10.1 Å². The molecule has 0 heterocycles. The van der Waals surface area contributed by atoms with E-state index in [2.05, 4.69) is 5.32 Å². The molecule has 0 atom stereocenters. The number of carbonyl (C=O) groups excluding carboxylic acids is 2. The Morgan fingerprint density at radius 1 is 0.852 bits per heavy atom. The normalized spacial score (nSPS) is 10.3. The van der Waals surface area contributed by atoms with Gasteiger partial charge in [-0.25, -0.2) is 0 Å². The maximum atomic E-state index is 12.4. The first-order valence-electron chi connectivity index (χ1n) is 8.88. The number of anilines is 1. The molecule has 1 N–H and O–H groups in total. The molecule has 3 rings (SSSR count). The number of hydrogen-bond acceptors (Lipinski definition) is 3. The minimum atomic E-state index is -0.280. The second kappa shape index (κ2) is 8.81. The predicted molar refractivity (Wildman–Crippen MR) is 107 cm³/mol. The molecule has 27 heavy (non-hydrogen) atoms. The predicted octanol–water partition coefficient (Wildman–Crippen LogP) is 4.96. The average Bonchev–Trinajstić information content (AvgIpc) is 2.73. The third kappa shape index (κ3) is 4.61. The molecule has 0 fully saturated rings. The van der Waals surface area contributed by atoms with E-state index in [9.17, 15) is 9.59 Å². The molecule has 1 amide bonds. The Labute approximate surface area is 158 Å². The van der Waals surface area contributed by atoms with Crippen LogP contribution in [0.1, 0.15) is 23.7 Å². The van der Waals surface area contributed by atoms with Gasteiger partial charge in [0.2, 0.25) is 0 Å². The minimum absolute atomic E-state index is 0.0135. The standard InChI is InChI=1S/C23H21NO3/c1-2-21(25)19-13-7-9-15-22(19)27-16-23(26)24-20-14-8-6-12-18(20)17-10-4-3-5-11-17/h3-15H,2,16H2,1H3,(H,24,26). The SMILES string of the molecule is CCC(=O)c1ccccc1OCC(=O)Nc1ccccc1-c1ccccc1. The maximum Gasteiger partial charge on any atom is 0.262 e. The zero-order chi connectivity index (χ0) is 19.1. The summed E-state index contributed by atoms with van der Waals surface area (Å²) in [6, 6.07) is 24.5. The number of ether oxygens (including phenoxy) is 1. The summed E-state index contributed by atoms with van der Waals surface area (Å²) in [6.07, 6.45) is 0.386. The quantitative estimate of drug-likeness (QED) is 0.606. The van der Waals surface area contributed by atoms with Crippen LogP contribution >= 0.6 is 0 Å². The summed E-state index contributed by atoms with van der Waals surface area (Å²) in [5.41, 5.74) is 3.17. The van der Waals surface area contributed by atoms with E-state index in [-0.39, 0.29) is 18.3 Å². The molecular formula is C23H21NO3. The van der Waals surface area contributed by atoms with E-state index in [1.54, 1.807) is 31.2 Å². The van der Waals surface area contributed by atoms with Crippen LogP contribution in [0, 0.1) is 0 Å². The molecular weight excluding hydrogens is 338 g/mol. The van der Waals surface area contributed by atoms with Crippen molar-refractivity contribution >= 4 is 17.4 Å². The van der Waals surface area contributed by atoms with Crippen LogP contribution in [0.4, 0.5) is 5.69 Å². The molecule has 0 spiro atoms. The fraction of sp³-hybridized carbons (Fsp3) is 0.130. The maximum absolute atomic E-state index is 12.4. The van der Waals surface area contributed by atoms with Crippen molar-refractivity contribution in [3.63, 3.8) is 0 Å². The third-order valence-electron chi connectivity index (χ3n) is 4.15. The molecule has 0 bridgehead atoms. The van der Waals surface area contributed by atoms with Gasteiger partial charge in [-0.2, -0.15) is 0 Å². The topological polar surface area (TPSA) is 55.4 Å². The number of amides is 1. The van der Waals surface area contributed by atoms with Gasteiger partial charge in [0.05, 0.1) is 5.56 Å². The van der Waals surface area contributed by atoms with Gasteiger partial charge in [-0.05, 0) is 23.8 Å². The second-order valence-corrected chi connectivity index (χ2v) is 6.02. The van der Waals surface area contributed by atoms with Crippen molar-refractivity contribution in [1.82, 2.24) is 0 Å². The zero-order valence-electron chi connectivity index (χ0n) is 15.1. The van der Waals surface area contributed by atoms with E-state index in [4.69, 9.17) is 4.74 Å². The van der Waals surface area contributed by atoms with Crippen molar-refractivity contribution < 1.29 is 14.3 Å². The lowest BCUT2D eigenvalue weighted by molar-refractivity contribution is -0.118. The molecule has 0 saturated carbocycles. The lowest BCUT2D eigenvalue weighted by Crippen LogP contribution is -2.21. The van der Waals surface area contributed by atoms with Gasteiger partial charge in [-0.15, -0.1) is 0 Å². The Balaban J connectivity index is 1.71. The first-order valence-corrected chi connectivity index (χ1v) is 8.88. The molecule has 4 nitrogen and oxygen atoms in total. The number of carbonyl (C=O) groups is 2. The Morgan fingerprint density at radius 2 is 1.52 bits per heavy atom. The van der Waals surface area contributed by atoms with Crippen LogP contribution in [-0.2, 0) is 4.79 Å². The third-order valence-corrected chi connectivity index (χ3v) is 4.15. The largest absolute Gasteiger partial charge is 0.483 e. The zero-order valence-corrected chi connectivity index (χ0v) is 15.1. The highest BCUT2D eigenvalue weighted by Gasteiger charge is 2.13. The smallest absolute Gasteiger partial charge is 0.262 e. The van der Waals surface area contributed by atoms with Crippen molar-refractivity contribution in [3.8, 4) is 16.9 Å². The van der Waals surface area contributed by atoms with Gasteiger partial charge in [-0.3, -0.25) is 9.59 Å². The van der Waals surface area contributed by atoms with Gasteiger partial charge in [-0.1, -0.05) is 67.6 Å². The van der Waals surface area contributed by atoms with Crippen LogP contribution in [0.15, 0.2) is 78.9 Å². The summed E-state index contributed by atoms with van der Waals surface area (Å²) < 4.78 is 5.61. The molecule has 0 unspecified atom stereocenters. The van der Waals surface area contributed by atoms with Gasteiger partial charge < -0.3 is 10.1 Å². The number of ketones is 1. The van der Waals surface area contributed by atoms with Gasteiger partial charge >= 0.3 is 0 Å². The summed E-state index contributed by atoms with van der Waals surface area (Å²) >= 11 is 0. The Kier molecular flexibility index (Phi) is 6.00. The molecule has 3 aromatic carbocycles. The van der Waals surface area contributed by atoms with Crippen molar-refractivity contribution in [2.24, 2.45) is 0 Å². The second-order valence-electron chi connectivity index (χ2n) is 6.02. The molecule has 136 valence electrons. The summed E-state index contributed by atoms with van der Waals surface area (Å²) in [5, 5.41) is 2.89. The van der Waals surface area contributed by atoms with Gasteiger partial charge in [0, 0.05) is 17.7 Å². The number of benzene rings is 3. The van der Waals surface area contributed by atoms with Crippen LogP contribution in [0.25, 0.3) is 11.1 Å². The Hall–Kier alpha value is -3.40. The molecule has 3 aromatic rings. The number of rotatable bonds is 7. The van der Waals surface area contributed by atoms with Crippen molar-refractivity contribution in [2.75, 3.05) is 11.9 Å². The van der Waals surface area contributed by atoms with Gasteiger partial charge in [0.25, 0.3) is 5.91 Å². The van der Waals surface area contributed by atoms with Crippen LogP contribution in [0.3, 0.4) is 0 Å². The highest BCUT2D eigenvalue weighted by atomic mass is 16.5. The van der Waals surface area contributed by atoms with Crippen LogP contribution in [-0.4, -0.2) is 18.3 Å². The molecule has 0 aliphatic rings. The lowest BCUT2D eigenvalue weighted by Gasteiger charge is -2.13. The summed E-state index contributed by atoms with van der Waals surface area (Å²) in [4.78, 5) is 24.4. The summed E-state index contributed by atoms with van der Waals surface area (Å²) in [5.74, 6) is 0.133. The van der Waals surface area contributed by atoms with Crippen molar-refractivity contribution in [1.29, 1.82) is 0 Å². The van der Waals surface area contributed by atoms with E-state index in [0.29, 0.717) is 17.7 Å². The molecule has 0 saturated heterocycles.